The largest absolute Gasteiger partial charge is 0.292 e. The maximum atomic E-state index is 5.27. The van der Waals surface area contributed by atoms with Gasteiger partial charge in [-0.2, -0.15) is 0 Å². The summed E-state index contributed by atoms with van der Waals surface area (Å²) < 4.78 is 13.8. The molecule has 0 bridgehead atoms. The van der Waals surface area contributed by atoms with Crippen LogP contribution in [0.3, 0.4) is 0 Å². The second-order valence-corrected chi connectivity index (χ2v) is 39.7. The second kappa shape index (κ2) is 38.9. The minimum Gasteiger partial charge on any atom is -0.292 e. The highest BCUT2D eigenvalue weighted by Gasteiger charge is 2.29. The van der Waals surface area contributed by atoms with Gasteiger partial charge >= 0.3 is 0 Å². The molecule has 9 aromatic heterocycles. The van der Waals surface area contributed by atoms with Gasteiger partial charge in [-0.3, -0.25) is 13.7 Å². The van der Waals surface area contributed by atoms with Gasteiger partial charge in [-0.1, -0.05) is 388 Å². The number of para-hydroxylation sites is 9. The number of nitrogens with zero attached hydrogens (tertiary/aromatic N) is 15. The van der Waals surface area contributed by atoms with E-state index in [0.29, 0.717) is 52.4 Å². The van der Waals surface area contributed by atoms with E-state index in [1.54, 1.807) is 34.0 Å². The smallest absolute Gasteiger partial charge is 0.164 e. The summed E-state index contributed by atoms with van der Waals surface area (Å²) in [5.74, 6) is 8.41. The number of benzene rings is 20. The lowest BCUT2D eigenvalue weighted by Gasteiger charge is -2.12. The van der Waals surface area contributed by atoms with E-state index in [9.17, 15) is 0 Å². The lowest BCUT2D eigenvalue weighted by Crippen LogP contribution is -2.01. The van der Waals surface area contributed by atoms with Gasteiger partial charge in [-0.25, -0.2) is 59.8 Å². The zero-order valence-corrected chi connectivity index (χ0v) is 82.8. The Morgan fingerprint density at radius 2 is 0.327 bits per heavy atom. The van der Waals surface area contributed by atoms with Crippen molar-refractivity contribution in [2.24, 2.45) is 0 Å². The van der Waals surface area contributed by atoms with E-state index < -0.39 is 0 Å². The van der Waals surface area contributed by atoms with Gasteiger partial charge in [0, 0.05) is 144 Å². The predicted molar refractivity (Wildman–Crippen MR) is 618 cm³/mol. The Labute approximate surface area is 873 Å². The molecule has 0 amide bonds. The van der Waals surface area contributed by atoms with E-state index in [2.05, 4.69) is 359 Å². The molecule has 0 aliphatic heterocycles. The Balaban J connectivity index is 0.000000111. The highest BCUT2D eigenvalue weighted by Crippen LogP contribution is 2.50. The van der Waals surface area contributed by atoms with Crippen molar-refractivity contribution in [1.29, 1.82) is 0 Å². The number of hydrogen-bond acceptors (Lipinski definition) is 15. The molecule has 20 aromatic carbocycles. The summed E-state index contributed by atoms with van der Waals surface area (Å²) >= 11 is 5.34. The molecular weight excluding hydrogens is 1890 g/mol. The first-order valence-electron chi connectivity index (χ1n) is 49.6. The molecule has 29 rings (SSSR count). The Hall–Kier alpha value is -19.5. The SMILES string of the molecule is c1ccc(-c2ccc(-c3nc(-c4ccccc4)nc(-c4cccc5sc6cccc(-c7nc8ccccc8n7-c7ccccc7)c6c45)n3)cc2)cc1.c1ccc(-c2cccc(-c3nc(-c4ccccc4)nc(-c4cccc5sc6cccc(-c7nc8ccccc8n7-c7ccccc7)c6c45)n3)c2)cc1.c1ccc(-c2nc(-c3ccccc3)nc(-c3cccc4sc5cccc(-c6nc7ccccc7n6-c6ccccc6)c5c34)n2)cc1. The third-order valence-electron chi connectivity index (χ3n) is 27.3. The van der Waals surface area contributed by atoms with Crippen LogP contribution in [0.15, 0.2) is 504 Å². The van der Waals surface area contributed by atoms with E-state index in [1.807, 2.05) is 158 Å². The topological polar surface area (TPSA) is 169 Å². The molecule has 0 aliphatic carbocycles. The number of fused-ring (bicyclic) bond motifs is 12. The summed E-state index contributed by atoms with van der Waals surface area (Å²) in [7, 11) is 0. The Morgan fingerprint density at radius 3 is 0.620 bits per heavy atom. The van der Waals surface area contributed by atoms with E-state index >= 15 is 0 Å². The first-order chi connectivity index (χ1) is 74.4. The molecule has 18 heteroatoms. The molecule has 29 aromatic rings. The molecular formula is C132H83N15S3. The Bertz CT molecular complexity index is 10100. The molecule has 15 nitrogen and oxygen atoms in total. The fourth-order valence-electron chi connectivity index (χ4n) is 20.4. The first-order valence-corrected chi connectivity index (χ1v) is 52.1. The lowest BCUT2D eigenvalue weighted by atomic mass is 10.0. The monoisotopic (exact) mass is 1970 g/mol. The lowest BCUT2D eigenvalue weighted by molar-refractivity contribution is 1.08. The standard InChI is InChI=1S/2C46H29N5S.C40H25N5S/c1-4-15-30(16-5-1)32-19-12-20-33(29-32)44-48-43(31-17-6-2-7-18-31)49-45(50-44)35-23-13-27-39-41(35)42-36(24-14-28-40(42)52-39)46-47-37-25-10-11-26-38(37)51(46)34-21-8-3-9-22-34;1-4-14-30(15-5-1)31-26-28-33(29-27-31)44-48-43(32-16-6-2-7-17-32)49-45(50-44)35-20-12-24-39-41(35)42-36(21-13-25-40(42)52-39)46-47-37-22-10-11-23-38(37)51(46)34-18-8-3-9-19-34;1-4-14-26(15-5-1)37-42-38(27-16-6-2-7-17-27)44-39(43-37)29-20-12-24-33-35(29)36-30(21-13-25-34(36)46-33)40-41-31-22-10-11-23-32(31)45(40)28-18-8-3-9-19-28/h2*1-29H;1-25H. The Kier molecular flexibility index (Phi) is 23.2. The zero-order chi connectivity index (χ0) is 99.3. The van der Waals surface area contributed by atoms with Crippen LogP contribution in [0.4, 0.5) is 0 Å². The fourth-order valence-corrected chi connectivity index (χ4v) is 23.9. The van der Waals surface area contributed by atoms with Gasteiger partial charge in [0.15, 0.2) is 52.4 Å². The minimum atomic E-state index is 0.629. The van der Waals surface area contributed by atoms with Crippen LogP contribution < -0.4 is 0 Å². The summed E-state index contributed by atoms with van der Waals surface area (Å²) in [5.41, 5.74) is 25.5. The molecule has 0 saturated carbocycles. The molecule has 0 fully saturated rings. The van der Waals surface area contributed by atoms with Gasteiger partial charge in [0.25, 0.3) is 0 Å². The normalized spacial score (nSPS) is 11.5. The number of aromatic nitrogens is 15. The summed E-state index contributed by atoms with van der Waals surface area (Å²) in [6.07, 6.45) is 0. The maximum absolute atomic E-state index is 5.27. The average molecular weight is 1980 g/mol. The van der Waals surface area contributed by atoms with E-state index in [1.165, 1.54) is 24.4 Å². The molecule has 0 radical (unpaired) electrons. The summed E-state index contributed by atoms with van der Waals surface area (Å²) in [5, 5.41) is 6.77. The molecule has 0 atom stereocenters. The highest BCUT2D eigenvalue weighted by atomic mass is 32.1. The second-order valence-electron chi connectivity index (χ2n) is 36.4. The van der Waals surface area contributed by atoms with Gasteiger partial charge in [0.1, 0.15) is 17.5 Å². The third-order valence-corrected chi connectivity index (χ3v) is 30.6. The minimum absolute atomic E-state index is 0.629. The molecule has 0 unspecified atom stereocenters. The van der Waals surface area contributed by atoms with Crippen LogP contribution >= 0.6 is 34.0 Å². The first kappa shape index (κ1) is 89.4. The molecule has 0 N–H and O–H groups in total. The van der Waals surface area contributed by atoms with E-state index in [4.69, 9.17) is 59.8 Å². The summed E-state index contributed by atoms with van der Waals surface area (Å²) in [6.45, 7) is 0. The molecule has 0 saturated heterocycles. The van der Waals surface area contributed by atoms with Crippen molar-refractivity contribution in [3.8, 4) is 176 Å². The van der Waals surface area contributed by atoms with Crippen molar-refractivity contribution in [3.63, 3.8) is 0 Å². The van der Waals surface area contributed by atoms with E-state index in [0.717, 1.165) is 193 Å². The summed E-state index contributed by atoms with van der Waals surface area (Å²) in [6, 6.07) is 174. The zero-order valence-electron chi connectivity index (χ0n) is 80.4. The van der Waals surface area contributed by atoms with Crippen molar-refractivity contribution in [2.45, 2.75) is 0 Å². The molecule has 9 heterocycles. The van der Waals surface area contributed by atoms with Crippen LogP contribution in [0.1, 0.15) is 0 Å². The van der Waals surface area contributed by atoms with Gasteiger partial charge in [0.05, 0.1) is 33.1 Å². The molecule has 704 valence electrons. The fraction of sp³-hybridized carbons (Fsp3) is 0. The van der Waals surface area contributed by atoms with Gasteiger partial charge in [-0.15, -0.1) is 34.0 Å². The highest BCUT2D eigenvalue weighted by molar-refractivity contribution is 7.27. The number of thiophene rings is 3. The van der Waals surface area contributed by atoms with Crippen LogP contribution in [-0.2, 0) is 0 Å². The average Bonchev–Trinajstić information content (AvgIpc) is 1.59. The number of rotatable bonds is 17. The van der Waals surface area contributed by atoms with Crippen LogP contribution in [0.5, 0.6) is 0 Å². The van der Waals surface area contributed by atoms with Gasteiger partial charge < -0.3 is 0 Å². The van der Waals surface area contributed by atoms with Crippen molar-refractivity contribution in [1.82, 2.24) is 73.5 Å². The Morgan fingerprint density at radius 1 is 0.133 bits per heavy atom. The van der Waals surface area contributed by atoms with Crippen LogP contribution in [-0.4, -0.2) is 73.5 Å². The van der Waals surface area contributed by atoms with Crippen LogP contribution in [0.25, 0.3) is 270 Å². The van der Waals surface area contributed by atoms with Crippen LogP contribution in [0, 0.1) is 0 Å². The third kappa shape index (κ3) is 16.7. The van der Waals surface area contributed by atoms with Crippen molar-refractivity contribution < 1.29 is 0 Å². The van der Waals surface area contributed by atoms with Gasteiger partial charge in [0.2, 0.25) is 0 Å². The predicted octanol–water partition coefficient (Wildman–Crippen LogP) is 34.1. The van der Waals surface area contributed by atoms with Crippen molar-refractivity contribution in [2.75, 3.05) is 0 Å². The number of imidazole rings is 3. The van der Waals surface area contributed by atoms with E-state index in [-0.39, 0.29) is 0 Å². The van der Waals surface area contributed by atoms with Gasteiger partial charge in [-0.05, 0) is 138 Å². The quantitative estimate of drug-likeness (QED) is 0.0847. The summed E-state index contributed by atoms with van der Waals surface area (Å²) in [4.78, 5) is 61.8. The maximum Gasteiger partial charge on any atom is 0.164 e. The number of hydrogen-bond donors (Lipinski definition) is 0. The van der Waals surface area contributed by atoms with Crippen molar-refractivity contribution >= 4 is 128 Å². The molecule has 0 spiro atoms. The molecule has 150 heavy (non-hydrogen) atoms. The van der Waals surface area contributed by atoms with Crippen LogP contribution in [0.2, 0.25) is 0 Å². The van der Waals surface area contributed by atoms with Crippen molar-refractivity contribution in [3.05, 3.63) is 504 Å². The molecule has 0 aliphatic rings.